The van der Waals surface area contributed by atoms with Crippen LogP contribution in [0.15, 0.2) is 0 Å². The van der Waals surface area contributed by atoms with E-state index in [1.807, 2.05) is 0 Å². The van der Waals surface area contributed by atoms with Crippen molar-refractivity contribution in [1.29, 1.82) is 0 Å². The van der Waals surface area contributed by atoms with Crippen molar-refractivity contribution < 1.29 is 9.84 Å². The summed E-state index contributed by atoms with van der Waals surface area (Å²) in [5, 5.41) is 9.11. The predicted molar refractivity (Wildman–Crippen MR) is 56.1 cm³/mol. The average molecular weight is 198 g/mol. The Balaban J connectivity index is 2.06. The Morgan fingerprint density at radius 3 is 2.71 bits per heavy atom. The van der Waals surface area contributed by atoms with Crippen LogP contribution in [0.3, 0.4) is 0 Å². The van der Waals surface area contributed by atoms with E-state index in [0.29, 0.717) is 5.92 Å². The van der Waals surface area contributed by atoms with Gasteiger partial charge in [0.25, 0.3) is 0 Å². The van der Waals surface area contributed by atoms with Gasteiger partial charge in [0.1, 0.15) is 0 Å². The molecule has 2 rings (SSSR count). The van der Waals surface area contributed by atoms with Crippen LogP contribution in [0.4, 0.5) is 0 Å². The van der Waals surface area contributed by atoms with Crippen LogP contribution < -0.4 is 0 Å². The molecule has 1 aliphatic heterocycles. The van der Waals surface area contributed by atoms with Crippen molar-refractivity contribution in [2.45, 2.75) is 57.7 Å². The highest BCUT2D eigenvalue weighted by Crippen LogP contribution is 2.47. The Bertz CT molecular complexity index is 204. The maximum Gasteiger partial charge on any atom is 0.0814 e. The monoisotopic (exact) mass is 198 g/mol. The molecule has 0 aromatic heterocycles. The fraction of sp³-hybridized carbons (Fsp3) is 1.00. The normalized spacial score (nSPS) is 48.6. The molecule has 0 radical (unpaired) electrons. The molecule has 2 fully saturated rings. The molecule has 0 unspecified atom stereocenters. The van der Waals surface area contributed by atoms with Gasteiger partial charge in [0, 0.05) is 0 Å². The largest absolute Gasteiger partial charge is 0.394 e. The SMILES string of the molecule is C[C@@H]1CC[C@H](C)[C@@]2(CC[C@@H](CO)O2)C1. The summed E-state index contributed by atoms with van der Waals surface area (Å²) in [5.74, 6) is 1.47. The lowest BCUT2D eigenvalue weighted by Gasteiger charge is -2.42. The van der Waals surface area contributed by atoms with E-state index < -0.39 is 0 Å². The van der Waals surface area contributed by atoms with Crippen LogP contribution in [0.5, 0.6) is 0 Å². The quantitative estimate of drug-likeness (QED) is 0.701. The Morgan fingerprint density at radius 2 is 2.07 bits per heavy atom. The van der Waals surface area contributed by atoms with Gasteiger partial charge in [0.05, 0.1) is 18.3 Å². The second-order valence-corrected chi connectivity index (χ2v) is 5.31. The van der Waals surface area contributed by atoms with E-state index in [-0.39, 0.29) is 18.3 Å². The highest BCUT2D eigenvalue weighted by atomic mass is 16.5. The summed E-state index contributed by atoms with van der Waals surface area (Å²) in [4.78, 5) is 0. The van der Waals surface area contributed by atoms with Crippen LogP contribution in [-0.4, -0.2) is 23.4 Å². The third kappa shape index (κ3) is 1.70. The first-order valence-electron chi connectivity index (χ1n) is 5.95. The number of aliphatic hydroxyl groups is 1. The Kier molecular flexibility index (Phi) is 2.85. The van der Waals surface area contributed by atoms with E-state index in [4.69, 9.17) is 9.84 Å². The number of rotatable bonds is 1. The first kappa shape index (κ1) is 10.4. The molecule has 0 aromatic rings. The third-order valence-corrected chi connectivity index (χ3v) is 4.18. The molecule has 2 nitrogen and oxygen atoms in total. The van der Waals surface area contributed by atoms with Crippen molar-refractivity contribution in [1.82, 2.24) is 0 Å². The summed E-state index contributed by atoms with van der Waals surface area (Å²) >= 11 is 0. The third-order valence-electron chi connectivity index (χ3n) is 4.18. The molecule has 0 aromatic carbocycles. The average Bonchev–Trinajstić information content (AvgIpc) is 2.57. The van der Waals surface area contributed by atoms with E-state index in [1.165, 1.54) is 19.3 Å². The van der Waals surface area contributed by atoms with Gasteiger partial charge in [0.15, 0.2) is 0 Å². The molecular weight excluding hydrogens is 176 g/mol. The molecule has 0 bridgehead atoms. The van der Waals surface area contributed by atoms with Crippen molar-refractivity contribution in [3.8, 4) is 0 Å². The van der Waals surface area contributed by atoms with E-state index in [1.54, 1.807) is 0 Å². The lowest BCUT2D eigenvalue weighted by Crippen LogP contribution is -2.42. The fourth-order valence-corrected chi connectivity index (χ4v) is 3.19. The summed E-state index contributed by atoms with van der Waals surface area (Å²) in [6, 6.07) is 0. The van der Waals surface area contributed by atoms with Gasteiger partial charge in [-0.05, 0) is 37.5 Å². The van der Waals surface area contributed by atoms with Gasteiger partial charge in [-0.15, -0.1) is 0 Å². The van der Waals surface area contributed by atoms with Crippen molar-refractivity contribution in [2.75, 3.05) is 6.61 Å². The Morgan fingerprint density at radius 1 is 1.29 bits per heavy atom. The molecule has 1 spiro atoms. The summed E-state index contributed by atoms with van der Waals surface area (Å²) in [6.45, 7) is 4.83. The molecule has 14 heavy (non-hydrogen) atoms. The molecule has 2 aliphatic rings. The highest BCUT2D eigenvalue weighted by molar-refractivity contribution is 4.96. The summed E-state index contributed by atoms with van der Waals surface area (Å²) in [5.41, 5.74) is 0.116. The van der Waals surface area contributed by atoms with Gasteiger partial charge >= 0.3 is 0 Å². The molecule has 82 valence electrons. The predicted octanol–water partition coefficient (Wildman–Crippen LogP) is 2.35. The minimum absolute atomic E-state index is 0.114. The van der Waals surface area contributed by atoms with Gasteiger partial charge in [-0.3, -0.25) is 0 Å². The van der Waals surface area contributed by atoms with E-state index in [0.717, 1.165) is 18.8 Å². The molecule has 1 N–H and O–H groups in total. The molecule has 1 aliphatic carbocycles. The molecule has 2 heteroatoms. The van der Waals surface area contributed by atoms with Crippen molar-refractivity contribution in [3.63, 3.8) is 0 Å². The number of hydrogen-bond acceptors (Lipinski definition) is 2. The zero-order chi connectivity index (χ0) is 10.2. The molecule has 1 saturated heterocycles. The van der Waals surface area contributed by atoms with Crippen molar-refractivity contribution >= 4 is 0 Å². The second kappa shape index (κ2) is 3.82. The van der Waals surface area contributed by atoms with Gasteiger partial charge < -0.3 is 9.84 Å². The number of ether oxygens (including phenoxy) is 1. The first-order chi connectivity index (χ1) is 6.66. The maximum absolute atomic E-state index is 9.11. The van der Waals surface area contributed by atoms with E-state index in [2.05, 4.69) is 13.8 Å². The molecule has 1 saturated carbocycles. The van der Waals surface area contributed by atoms with Gasteiger partial charge in [-0.1, -0.05) is 20.3 Å². The van der Waals surface area contributed by atoms with Gasteiger partial charge in [-0.25, -0.2) is 0 Å². The topological polar surface area (TPSA) is 29.5 Å². The first-order valence-corrected chi connectivity index (χ1v) is 5.95. The van der Waals surface area contributed by atoms with Crippen LogP contribution in [-0.2, 0) is 4.74 Å². The summed E-state index contributed by atoms with van der Waals surface area (Å²) < 4.78 is 6.07. The number of aliphatic hydroxyl groups excluding tert-OH is 1. The molecule has 0 amide bonds. The minimum Gasteiger partial charge on any atom is -0.394 e. The van der Waals surface area contributed by atoms with E-state index in [9.17, 15) is 0 Å². The van der Waals surface area contributed by atoms with Crippen molar-refractivity contribution in [2.24, 2.45) is 11.8 Å². The Labute approximate surface area is 86.6 Å². The zero-order valence-electron chi connectivity index (χ0n) is 9.33. The molecule has 4 atom stereocenters. The second-order valence-electron chi connectivity index (χ2n) is 5.31. The van der Waals surface area contributed by atoms with Crippen LogP contribution in [0, 0.1) is 11.8 Å². The van der Waals surface area contributed by atoms with Crippen LogP contribution >= 0.6 is 0 Å². The van der Waals surface area contributed by atoms with E-state index >= 15 is 0 Å². The lowest BCUT2D eigenvalue weighted by atomic mass is 9.71. The van der Waals surface area contributed by atoms with Crippen molar-refractivity contribution in [3.05, 3.63) is 0 Å². The van der Waals surface area contributed by atoms with Gasteiger partial charge in [-0.2, -0.15) is 0 Å². The minimum atomic E-state index is 0.114. The summed E-state index contributed by atoms with van der Waals surface area (Å²) in [7, 11) is 0. The molecule has 1 heterocycles. The fourth-order valence-electron chi connectivity index (χ4n) is 3.19. The maximum atomic E-state index is 9.11. The standard InChI is InChI=1S/C12H22O2/c1-9-3-4-10(2)12(7-9)6-5-11(8-13)14-12/h9-11,13H,3-8H2,1-2H3/t9-,10+,11+,12-/m1/s1. The van der Waals surface area contributed by atoms with Crippen LogP contribution in [0.25, 0.3) is 0 Å². The smallest absolute Gasteiger partial charge is 0.0814 e. The Hall–Kier alpha value is -0.0800. The van der Waals surface area contributed by atoms with Gasteiger partial charge in [0.2, 0.25) is 0 Å². The highest BCUT2D eigenvalue weighted by Gasteiger charge is 2.46. The zero-order valence-corrected chi connectivity index (χ0v) is 9.33. The number of hydrogen-bond donors (Lipinski definition) is 1. The lowest BCUT2D eigenvalue weighted by molar-refractivity contribution is -0.116. The van der Waals surface area contributed by atoms with Crippen LogP contribution in [0.1, 0.15) is 46.0 Å². The molecular formula is C12H22O2. The van der Waals surface area contributed by atoms with Crippen LogP contribution in [0.2, 0.25) is 0 Å². The summed E-state index contributed by atoms with van der Waals surface area (Å²) in [6.07, 6.45) is 6.15.